The van der Waals surface area contributed by atoms with Crippen molar-refractivity contribution in [3.63, 3.8) is 0 Å². The lowest BCUT2D eigenvalue weighted by molar-refractivity contribution is 0.133. The maximum atomic E-state index is 12.2. The van der Waals surface area contributed by atoms with Gasteiger partial charge in [0, 0.05) is 18.4 Å². The highest BCUT2D eigenvalue weighted by Gasteiger charge is 2.41. The van der Waals surface area contributed by atoms with Crippen LogP contribution in [0.25, 0.3) is 0 Å². The maximum absolute atomic E-state index is 12.2. The second-order valence-electron chi connectivity index (χ2n) is 8.47. The summed E-state index contributed by atoms with van der Waals surface area (Å²) in [5.41, 5.74) is 2.45. The Kier molecular flexibility index (Phi) is 10.5. The second-order valence-corrected chi connectivity index (χ2v) is 12.9. The summed E-state index contributed by atoms with van der Waals surface area (Å²) in [6, 6.07) is 8.18. The van der Waals surface area contributed by atoms with Gasteiger partial charge in [0.1, 0.15) is 6.61 Å². The number of phosphoric acid groups is 3. The van der Waals surface area contributed by atoms with Gasteiger partial charge in [0.05, 0.1) is 6.61 Å². The number of phosphoric ester groups is 1. The number of benzene rings is 1. The number of carbonyl (C=O) groups is 1. The van der Waals surface area contributed by atoms with Crippen LogP contribution in [-0.2, 0) is 31.6 Å². The molecule has 16 heteroatoms. The van der Waals surface area contributed by atoms with E-state index >= 15 is 0 Å². The number of alkyl carbamates (subject to hydrolysis) is 1. The Morgan fingerprint density at radius 2 is 1.54 bits per heavy atom. The number of amides is 1. The zero-order valence-corrected chi connectivity index (χ0v) is 22.4. The van der Waals surface area contributed by atoms with Gasteiger partial charge < -0.3 is 29.6 Å². The monoisotopic (exact) mass is 581 g/mol. The Labute approximate surface area is 214 Å². The lowest BCUT2D eigenvalue weighted by atomic mass is 9.84. The van der Waals surface area contributed by atoms with Gasteiger partial charge in [-0.05, 0) is 29.9 Å². The van der Waals surface area contributed by atoms with Gasteiger partial charge in [-0.2, -0.15) is 8.62 Å². The van der Waals surface area contributed by atoms with E-state index in [0.717, 1.165) is 0 Å². The van der Waals surface area contributed by atoms with Crippen molar-refractivity contribution in [3.8, 4) is 0 Å². The third-order valence-corrected chi connectivity index (χ3v) is 9.64. The molecular weight excluding hydrogens is 551 g/mol. The van der Waals surface area contributed by atoms with Crippen molar-refractivity contribution in [1.82, 2.24) is 5.32 Å². The molecule has 0 bridgehead atoms. The van der Waals surface area contributed by atoms with E-state index < -0.39 is 29.6 Å². The van der Waals surface area contributed by atoms with Gasteiger partial charge in [0.25, 0.3) is 0 Å². The van der Waals surface area contributed by atoms with Crippen LogP contribution in [0.3, 0.4) is 0 Å². The summed E-state index contributed by atoms with van der Waals surface area (Å²) in [4.78, 5) is 47.6. The number of ether oxygens (including phenoxy) is 1. The summed E-state index contributed by atoms with van der Waals surface area (Å²) in [7, 11) is -16.0. The van der Waals surface area contributed by atoms with Crippen LogP contribution in [-0.4, -0.2) is 45.4 Å². The van der Waals surface area contributed by atoms with Gasteiger partial charge in [-0.1, -0.05) is 61.4 Å². The molecule has 0 saturated heterocycles. The van der Waals surface area contributed by atoms with Crippen LogP contribution < -0.4 is 5.32 Å². The fourth-order valence-electron chi connectivity index (χ4n) is 4.35. The van der Waals surface area contributed by atoms with Crippen LogP contribution in [0.15, 0.2) is 48.6 Å². The lowest BCUT2D eigenvalue weighted by Crippen LogP contribution is -2.28. The van der Waals surface area contributed by atoms with E-state index in [1.54, 1.807) is 0 Å². The fourth-order valence-corrected chi connectivity index (χ4v) is 7.41. The SMILES string of the molecule is O=C(NCCCCCCOP(=O)(O)OP(=O)(O)OP(=O)(O)O)OCC1c2ccccc2C2C=CC=CC21. The van der Waals surface area contributed by atoms with Crippen molar-refractivity contribution in [2.24, 2.45) is 5.92 Å². The number of unbranched alkanes of at least 4 members (excludes halogenated alkanes) is 3. The molecule has 1 amide bonds. The molecule has 1 aromatic carbocycles. The minimum absolute atomic E-state index is 0.0859. The minimum Gasteiger partial charge on any atom is -0.449 e. The highest BCUT2D eigenvalue weighted by molar-refractivity contribution is 7.66. The van der Waals surface area contributed by atoms with Crippen molar-refractivity contribution in [2.45, 2.75) is 37.5 Å². The predicted molar refractivity (Wildman–Crippen MR) is 131 cm³/mol. The first kappa shape index (κ1) is 29.9. The summed E-state index contributed by atoms with van der Waals surface area (Å²) < 4.78 is 50.7. The van der Waals surface area contributed by atoms with Crippen LogP contribution in [0, 0.1) is 5.92 Å². The Morgan fingerprint density at radius 1 is 0.865 bits per heavy atom. The number of fused-ring (bicyclic) bond motifs is 3. The zero-order chi connectivity index (χ0) is 27.1. The summed E-state index contributed by atoms with van der Waals surface area (Å²) in [5, 5.41) is 2.70. The molecule has 0 heterocycles. The Balaban J connectivity index is 1.28. The van der Waals surface area contributed by atoms with Crippen molar-refractivity contribution in [2.75, 3.05) is 19.8 Å². The van der Waals surface area contributed by atoms with Crippen molar-refractivity contribution in [3.05, 3.63) is 59.7 Å². The van der Waals surface area contributed by atoms with Gasteiger partial charge in [-0.25, -0.2) is 18.5 Å². The maximum Gasteiger partial charge on any atom is 0.490 e. The van der Waals surface area contributed by atoms with Gasteiger partial charge in [-0.3, -0.25) is 4.52 Å². The van der Waals surface area contributed by atoms with Gasteiger partial charge in [0.2, 0.25) is 0 Å². The second kappa shape index (κ2) is 13.0. The van der Waals surface area contributed by atoms with E-state index in [-0.39, 0.29) is 37.4 Å². The first-order valence-corrected chi connectivity index (χ1v) is 16.0. The smallest absolute Gasteiger partial charge is 0.449 e. The highest BCUT2D eigenvalue weighted by Crippen LogP contribution is 2.66. The van der Waals surface area contributed by atoms with Crippen molar-refractivity contribution >= 4 is 29.6 Å². The average Bonchev–Trinajstić information content (AvgIpc) is 3.10. The zero-order valence-electron chi connectivity index (χ0n) is 19.7. The number of hydrogen-bond acceptors (Lipinski definition) is 8. The molecule has 0 saturated carbocycles. The predicted octanol–water partition coefficient (Wildman–Crippen LogP) is 4.24. The molecule has 37 heavy (non-hydrogen) atoms. The van der Waals surface area contributed by atoms with Gasteiger partial charge in [0.15, 0.2) is 0 Å². The molecule has 5 atom stereocenters. The highest BCUT2D eigenvalue weighted by atomic mass is 31.3. The topological polar surface area (TPSA) is 198 Å². The Morgan fingerprint density at radius 3 is 2.27 bits per heavy atom. The molecule has 0 radical (unpaired) electrons. The Hall–Kier alpha value is -1.62. The van der Waals surface area contributed by atoms with Crippen molar-refractivity contribution in [1.29, 1.82) is 0 Å². The summed E-state index contributed by atoms with van der Waals surface area (Å²) in [6.07, 6.45) is 9.93. The lowest BCUT2D eigenvalue weighted by Gasteiger charge is -2.22. The van der Waals surface area contributed by atoms with Gasteiger partial charge in [-0.15, -0.1) is 0 Å². The molecule has 0 aliphatic heterocycles. The van der Waals surface area contributed by atoms with Crippen molar-refractivity contribution < 1.29 is 55.9 Å². The van der Waals surface area contributed by atoms with E-state index in [1.165, 1.54) is 11.1 Å². The molecule has 0 spiro atoms. The average molecular weight is 581 g/mol. The minimum atomic E-state index is -5.51. The molecule has 13 nitrogen and oxygen atoms in total. The number of nitrogens with one attached hydrogen (secondary N) is 1. The third-order valence-electron chi connectivity index (χ3n) is 5.80. The van der Waals surface area contributed by atoms with Crippen LogP contribution >= 0.6 is 23.5 Å². The molecule has 0 fully saturated rings. The van der Waals surface area contributed by atoms with Crippen LogP contribution in [0.2, 0.25) is 0 Å². The summed E-state index contributed by atoms with van der Waals surface area (Å²) in [6.45, 7) is 0.307. The number of rotatable bonds is 14. The Bertz CT molecular complexity index is 1150. The molecule has 0 aromatic heterocycles. The fraction of sp³-hybridized carbons (Fsp3) is 0.476. The molecule has 206 valence electrons. The quantitative estimate of drug-likeness (QED) is 0.155. The largest absolute Gasteiger partial charge is 0.490 e. The van der Waals surface area contributed by atoms with Crippen LogP contribution in [0.1, 0.15) is 48.6 Å². The van der Waals surface area contributed by atoms with E-state index in [0.29, 0.717) is 25.8 Å². The number of hydrogen-bond donors (Lipinski definition) is 5. The molecular formula is C21H30NO12P3. The molecule has 5 unspecified atom stereocenters. The molecule has 5 N–H and O–H groups in total. The first-order valence-electron chi connectivity index (χ1n) is 11.5. The van der Waals surface area contributed by atoms with E-state index in [9.17, 15) is 23.4 Å². The normalized spacial score (nSPS) is 23.5. The van der Waals surface area contributed by atoms with E-state index in [4.69, 9.17) is 19.4 Å². The van der Waals surface area contributed by atoms with E-state index in [2.05, 4.69) is 42.7 Å². The van der Waals surface area contributed by atoms with Crippen LogP contribution in [0.5, 0.6) is 0 Å². The molecule has 2 aliphatic carbocycles. The van der Waals surface area contributed by atoms with E-state index in [1.807, 2.05) is 24.3 Å². The van der Waals surface area contributed by atoms with Gasteiger partial charge >= 0.3 is 29.6 Å². The first-order chi connectivity index (χ1) is 17.4. The third kappa shape index (κ3) is 9.57. The standard InChI is InChI=1S/C21H30NO12P3/c23-21(31-15-20-18-11-5-3-9-16(18)17-10-4-6-12-19(17)20)22-13-7-1-2-8-14-32-36(27,28)34-37(29,30)33-35(24,25)26/h3-6,9-12,16,18,20H,1-2,7-8,13-15H2,(H,22,23)(H,27,28)(H,29,30)(H2,24,25,26). The molecule has 2 aliphatic rings. The number of allylic oxidation sites excluding steroid dienone is 4. The molecule has 1 aromatic rings. The number of carbonyl (C=O) groups excluding carboxylic acids is 1. The van der Waals surface area contributed by atoms with Crippen LogP contribution in [0.4, 0.5) is 4.79 Å². The summed E-state index contributed by atoms with van der Waals surface area (Å²) in [5.74, 6) is 0.622. The summed E-state index contributed by atoms with van der Waals surface area (Å²) >= 11 is 0. The molecule has 3 rings (SSSR count).